The summed E-state index contributed by atoms with van der Waals surface area (Å²) in [6.45, 7) is 3.41. The van der Waals surface area contributed by atoms with Gasteiger partial charge in [0.15, 0.2) is 0 Å². The number of rotatable bonds is 6. The molecule has 0 saturated heterocycles. The SMILES string of the molecule is Cc1ccnc(NCCCNC(=O)C2CC2)c1N. The first kappa shape index (κ1) is 12.7. The first-order chi connectivity index (χ1) is 8.68. The van der Waals surface area contributed by atoms with Crippen LogP contribution in [0.25, 0.3) is 0 Å². The minimum absolute atomic E-state index is 0.197. The summed E-state index contributed by atoms with van der Waals surface area (Å²) >= 11 is 0. The lowest BCUT2D eigenvalue weighted by Gasteiger charge is -2.10. The third kappa shape index (κ3) is 3.35. The van der Waals surface area contributed by atoms with Crippen LogP contribution in [-0.4, -0.2) is 24.0 Å². The molecule has 0 unspecified atom stereocenters. The lowest BCUT2D eigenvalue weighted by atomic mass is 10.2. The maximum atomic E-state index is 11.4. The molecule has 5 heteroatoms. The summed E-state index contributed by atoms with van der Waals surface area (Å²) < 4.78 is 0. The van der Waals surface area contributed by atoms with Crippen molar-refractivity contribution in [2.45, 2.75) is 26.2 Å². The van der Waals surface area contributed by atoms with E-state index in [-0.39, 0.29) is 11.8 Å². The number of hydrogen-bond donors (Lipinski definition) is 3. The van der Waals surface area contributed by atoms with Crippen LogP contribution >= 0.6 is 0 Å². The van der Waals surface area contributed by atoms with Crippen LogP contribution in [0.5, 0.6) is 0 Å². The fraction of sp³-hybridized carbons (Fsp3) is 0.538. The molecule has 1 saturated carbocycles. The van der Waals surface area contributed by atoms with E-state index in [1.54, 1.807) is 6.20 Å². The molecule has 1 amide bonds. The van der Waals surface area contributed by atoms with Crippen molar-refractivity contribution in [2.24, 2.45) is 5.92 Å². The van der Waals surface area contributed by atoms with Crippen LogP contribution in [0.2, 0.25) is 0 Å². The maximum Gasteiger partial charge on any atom is 0.223 e. The largest absolute Gasteiger partial charge is 0.396 e. The van der Waals surface area contributed by atoms with Gasteiger partial charge in [0.25, 0.3) is 0 Å². The molecular weight excluding hydrogens is 228 g/mol. The second kappa shape index (κ2) is 5.71. The molecule has 0 bridgehead atoms. The van der Waals surface area contributed by atoms with E-state index in [0.29, 0.717) is 12.2 Å². The van der Waals surface area contributed by atoms with Crippen molar-refractivity contribution in [3.05, 3.63) is 17.8 Å². The normalized spacial score (nSPS) is 14.3. The Kier molecular flexibility index (Phi) is 4.02. The van der Waals surface area contributed by atoms with Gasteiger partial charge in [-0.05, 0) is 37.8 Å². The fourth-order valence-electron chi connectivity index (χ4n) is 1.71. The topological polar surface area (TPSA) is 80.0 Å². The van der Waals surface area contributed by atoms with Crippen LogP contribution in [0.3, 0.4) is 0 Å². The Morgan fingerprint density at radius 3 is 3.00 bits per heavy atom. The van der Waals surface area contributed by atoms with E-state index in [1.807, 2.05) is 13.0 Å². The molecule has 98 valence electrons. The summed E-state index contributed by atoms with van der Waals surface area (Å²) in [6.07, 6.45) is 4.71. The molecule has 1 aliphatic carbocycles. The van der Waals surface area contributed by atoms with Gasteiger partial charge in [0.05, 0.1) is 5.69 Å². The van der Waals surface area contributed by atoms with E-state index in [9.17, 15) is 4.79 Å². The zero-order valence-corrected chi connectivity index (χ0v) is 10.7. The van der Waals surface area contributed by atoms with Gasteiger partial charge in [-0.1, -0.05) is 0 Å². The second-order valence-corrected chi connectivity index (χ2v) is 4.74. The highest BCUT2D eigenvalue weighted by Gasteiger charge is 2.28. The standard InChI is InChI=1S/C13H20N4O/c1-9-5-8-16-12(11(9)14)15-6-2-7-17-13(18)10-3-4-10/h5,8,10H,2-4,6-7,14H2,1H3,(H,15,16)(H,17,18). The molecular formula is C13H20N4O. The Bertz CT molecular complexity index is 429. The Labute approximate surface area is 107 Å². The summed E-state index contributed by atoms with van der Waals surface area (Å²) in [6, 6.07) is 1.89. The van der Waals surface area contributed by atoms with Crippen LogP contribution in [0.1, 0.15) is 24.8 Å². The number of carbonyl (C=O) groups excluding carboxylic acids is 1. The predicted molar refractivity (Wildman–Crippen MR) is 72.2 cm³/mol. The minimum atomic E-state index is 0.197. The third-order valence-corrected chi connectivity index (χ3v) is 3.10. The summed E-state index contributed by atoms with van der Waals surface area (Å²) in [5, 5.41) is 6.11. The monoisotopic (exact) mass is 248 g/mol. The predicted octanol–water partition coefficient (Wildman–Crippen LogP) is 1.30. The molecule has 0 spiro atoms. The average Bonchev–Trinajstić information content (AvgIpc) is 3.18. The number of amides is 1. The molecule has 0 aliphatic heterocycles. The molecule has 18 heavy (non-hydrogen) atoms. The third-order valence-electron chi connectivity index (χ3n) is 3.10. The van der Waals surface area contributed by atoms with Gasteiger partial charge in [0.1, 0.15) is 5.82 Å². The highest BCUT2D eigenvalue weighted by Crippen LogP contribution is 2.28. The van der Waals surface area contributed by atoms with Crippen molar-refractivity contribution >= 4 is 17.4 Å². The van der Waals surface area contributed by atoms with Crippen molar-refractivity contribution in [1.29, 1.82) is 0 Å². The molecule has 5 nitrogen and oxygen atoms in total. The molecule has 1 aromatic heterocycles. The van der Waals surface area contributed by atoms with Gasteiger partial charge >= 0.3 is 0 Å². The van der Waals surface area contributed by atoms with E-state index < -0.39 is 0 Å². The van der Waals surface area contributed by atoms with E-state index in [1.165, 1.54) is 0 Å². The number of aromatic nitrogens is 1. The second-order valence-electron chi connectivity index (χ2n) is 4.74. The summed E-state index contributed by atoms with van der Waals surface area (Å²) in [5.74, 6) is 1.21. The van der Waals surface area contributed by atoms with Crippen molar-refractivity contribution in [2.75, 3.05) is 24.1 Å². The van der Waals surface area contributed by atoms with Crippen LogP contribution in [-0.2, 0) is 4.79 Å². The highest BCUT2D eigenvalue weighted by molar-refractivity contribution is 5.80. The Hall–Kier alpha value is -1.78. The van der Waals surface area contributed by atoms with Gasteiger partial charge in [-0.25, -0.2) is 4.98 Å². The lowest BCUT2D eigenvalue weighted by molar-refractivity contribution is -0.122. The van der Waals surface area contributed by atoms with Gasteiger partial charge < -0.3 is 16.4 Å². The number of aryl methyl sites for hydroxylation is 1. The first-order valence-corrected chi connectivity index (χ1v) is 6.41. The van der Waals surface area contributed by atoms with Gasteiger partial charge in [0, 0.05) is 25.2 Å². The number of nitrogens with one attached hydrogen (secondary N) is 2. The van der Waals surface area contributed by atoms with Gasteiger partial charge in [-0.15, -0.1) is 0 Å². The Balaban J connectivity index is 1.65. The van der Waals surface area contributed by atoms with E-state index >= 15 is 0 Å². The minimum Gasteiger partial charge on any atom is -0.396 e. The van der Waals surface area contributed by atoms with Gasteiger partial charge in [0.2, 0.25) is 5.91 Å². The van der Waals surface area contributed by atoms with Crippen molar-refractivity contribution in [3.8, 4) is 0 Å². The summed E-state index contributed by atoms with van der Waals surface area (Å²) in [7, 11) is 0. The summed E-state index contributed by atoms with van der Waals surface area (Å²) in [4.78, 5) is 15.6. The zero-order valence-electron chi connectivity index (χ0n) is 10.7. The molecule has 1 heterocycles. The van der Waals surface area contributed by atoms with E-state index in [4.69, 9.17) is 5.73 Å². The zero-order chi connectivity index (χ0) is 13.0. The molecule has 0 aromatic carbocycles. The van der Waals surface area contributed by atoms with Crippen molar-refractivity contribution in [1.82, 2.24) is 10.3 Å². The number of carbonyl (C=O) groups is 1. The number of pyridine rings is 1. The molecule has 0 atom stereocenters. The number of nitrogens with zero attached hydrogens (tertiary/aromatic N) is 1. The number of nitrogens with two attached hydrogens (primary N) is 1. The molecule has 1 aliphatic rings. The average molecular weight is 248 g/mol. The molecule has 4 N–H and O–H groups in total. The quantitative estimate of drug-likeness (QED) is 0.663. The van der Waals surface area contributed by atoms with E-state index in [0.717, 1.165) is 37.2 Å². The fourth-order valence-corrected chi connectivity index (χ4v) is 1.71. The number of nitrogen functional groups attached to an aromatic ring is 1. The molecule has 2 rings (SSSR count). The van der Waals surface area contributed by atoms with Gasteiger partial charge in [-0.3, -0.25) is 4.79 Å². The first-order valence-electron chi connectivity index (χ1n) is 6.41. The molecule has 1 fully saturated rings. The Morgan fingerprint density at radius 2 is 2.28 bits per heavy atom. The van der Waals surface area contributed by atoms with E-state index in [2.05, 4.69) is 15.6 Å². The lowest BCUT2D eigenvalue weighted by Crippen LogP contribution is -2.27. The molecule has 0 radical (unpaired) electrons. The number of hydrogen-bond acceptors (Lipinski definition) is 4. The van der Waals surface area contributed by atoms with Crippen LogP contribution in [0.4, 0.5) is 11.5 Å². The van der Waals surface area contributed by atoms with Crippen molar-refractivity contribution in [3.63, 3.8) is 0 Å². The van der Waals surface area contributed by atoms with Gasteiger partial charge in [-0.2, -0.15) is 0 Å². The van der Waals surface area contributed by atoms with Crippen LogP contribution < -0.4 is 16.4 Å². The maximum absolute atomic E-state index is 11.4. The molecule has 1 aromatic rings. The Morgan fingerprint density at radius 1 is 1.50 bits per heavy atom. The van der Waals surface area contributed by atoms with Crippen LogP contribution in [0.15, 0.2) is 12.3 Å². The number of anilines is 2. The van der Waals surface area contributed by atoms with Crippen LogP contribution in [0, 0.1) is 12.8 Å². The van der Waals surface area contributed by atoms with Crippen molar-refractivity contribution < 1.29 is 4.79 Å². The smallest absolute Gasteiger partial charge is 0.223 e. The highest BCUT2D eigenvalue weighted by atomic mass is 16.2. The summed E-state index contributed by atoms with van der Waals surface area (Å²) in [5.41, 5.74) is 7.62.